The Morgan fingerprint density at radius 2 is 0.654 bits per heavy atom. The summed E-state index contributed by atoms with van der Waals surface area (Å²) in [6, 6.07) is 106. The van der Waals surface area contributed by atoms with Crippen LogP contribution < -0.4 is 0 Å². The number of benzene rings is 11. The quantitative estimate of drug-likeness (QED) is 0.0502. The number of carbonyl (C=O) groups is 4. The third kappa shape index (κ3) is 29.4. The maximum Gasteiger partial charge on any atom is 0.183 e. The van der Waals surface area contributed by atoms with Crippen molar-refractivity contribution in [2.45, 2.75) is 55.4 Å². The number of hydrogen-bond acceptors (Lipinski definition) is 20. The number of para-hydroxylation sites is 7. The van der Waals surface area contributed by atoms with Crippen molar-refractivity contribution >= 4 is 110 Å². The van der Waals surface area contributed by atoms with E-state index in [2.05, 4.69) is 136 Å². The van der Waals surface area contributed by atoms with Gasteiger partial charge in [-0.3, -0.25) is 44.1 Å². The van der Waals surface area contributed by atoms with Gasteiger partial charge in [-0.25, -0.2) is 9.97 Å². The molecule has 8 heterocycles. The minimum Gasteiger partial charge on any atom is -0.512 e. The van der Waals surface area contributed by atoms with Crippen molar-refractivity contribution in [2.75, 3.05) is 0 Å². The van der Waals surface area contributed by atoms with Crippen LogP contribution in [-0.4, -0.2) is 93.4 Å². The fourth-order valence-corrected chi connectivity index (χ4v) is 13.7. The number of thiazole rings is 1. The molecule has 0 amide bonds. The van der Waals surface area contributed by atoms with Crippen LogP contribution in [-0.2, 0) is 99.6 Å². The summed E-state index contributed by atoms with van der Waals surface area (Å²) in [6.07, 6.45) is 15.6. The normalized spacial score (nSPS) is 10.8. The Labute approximate surface area is 810 Å². The standard InChI is InChI=1S/C22H13N4.C22H13N2O.C22H13N2S.C20H13N2.4C5H8O2.4Ir/c1-3-7-19-17(5-1)23-13-21(25-19)15-9-11-16(12-10-15)22-14-24-18-6-2-4-8-20(18)26-22;2*1-2-6-18-15(5-1)13-14-23-21(18)16-9-11-17(12-10-16)22-24-19-7-3-4-8-20(19)25-22;1-2-6-18-15(5-1)12-14-22-20(18)17-10-8-16(9-11-17)19-7-3-4-13-21-19;4*1-4(6)3-5(2)7;;;;/h1-11,13-14H;2*1-9,11-14H;1-10,12-14H;4*3,6H,1-2H3;;;;/q4*-1;;;;;;;;. The maximum absolute atomic E-state index is 10.0. The van der Waals surface area contributed by atoms with E-state index < -0.39 is 0 Å². The molecule has 130 heavy (non-hydrogen) atoms. The molecule has 0 fully saturated rings. The van der Waals surface area contributed by atoms with E-state index in [1.807, 2.05) is 231 Å². The SMILES string of the molecule is CC(=O)C=C(C)O.CC(=O)C=C(C)O.CC(=O)C=C(C)O.CC(=O)C=C(C)O.[Ir].[Ir].[Ir].[Ir].[c-]1cc(-c2ccccn2)ccc1-c1nccc2ccccc12.[c-]1cc(-c2cnc3ccccc3n2)ccc1-c1cnc2ccccc2n1.[c-]1cc(-c2nc3ccccc3o2)ccc1-c1nccc2ccccc12.[c-]1cc(-c2nc3ccccc3s2)ccc1-c1nccc2ccccc12. The average molecular weight is 2440 g/mol. The predicted octanol–water partition coefficient (Wildman–Crippen LogP) is 25.1. The monoisotopic (exact) mass is 2440 g/mol. The van der Waals surface area contributed by atoms with Gasteiger partial charge in [0, 0.05) is 159 Å². The van der Waals surface area contributed by atoms with Crippen LogP contribution in [0.15, 0.2) is 368 Å². The molecule has 4 N–H and O–H groups in total. The van der Waals surface area contributed by atoms with Crippen LogP contribution >= 0.6 is 11.3 Å². The largest absolute Gasteiger partial charge is 0.512 e. The van der Waals surface area contributed by atoms with E-state index in [0.717, 1.165) is 139 Å². The van der Waals surface area contributed by atoms with Crippen molar-refractivity contribution in [3.63, 3.8) is 0 Å². The van der Waals surface area contributed by atoms with Gasteiger partial charge in [0.15, 0.2) is 34.6 Å². The fraction of sp³-hybridized carbons (Fsp3) is 0.0755. The second-order valence-electron chi connectivity index (χ2n) is 28.4. The van der Waals surface area contributed by atoms with Gasteiger partial charge in [0.05, 0.1) is 60.3 Å². The minimum absolute atomic E-state index is 0. The van der Waals surface area contributed by atoms with E-state index in [-0.39, 0.29) is 127 Å². The summed E-state index contributed by atoms with van der Waals surface area (Å²) in [5.41, 5.74) is 19.6. The van der Waals surface area contributed by atoms with Crippen LogP contribution in [0.5, 0.6) is 0 Å². The number of nitrogens with zero attached hydrogens (tertiary/aromatic N) is 10. The average Bonchev–Trinajstić information content (AvgIpc) is 1.53. The Balaban J connectivity index is 0.000000193. The first-order chi connectivity index (χ1) is 61.0. The van der Waals surface area contributed by atoms with E-state index >= 15 is 0 Å². The zero-order valence-corrected chi connectivity index (χ0v) is 81.8. The van der Waals surface area contributed by atoms with Crippen LogP contribution in [0.25, 0.3) is 165 Å². The Kier molecular flexibility index (Phi) is 39.7. The molecule has 0 aliphatic rings. The molecule has 0 saturated heterocycles. The zero-order chi connectivity index (χ0) is 88.9. The molecule has 0 aliphatic heterocycles. The number of aromatic nitrogens is 10. The summed E-state index contributed by atoms with van der Waals surface area (Å²) >= 11 is 1.71. The molecule has 24 heteroatoms. The van der Waals surface area contributed by atoms with Crippen LogP contribution in [0.3, 0.4) is 0 Å². The molecule has 0 aliphatic carbocycles. The van der Waals surface area contributed by atoms with Gasteiger partial charge in [-0.05, 0) is 189 Å². The molecule has 658 valence electrons. The summed E-state index contributed by atoms with van der Waals surface area (Å²) in [7, 11) is 0. The van der Waals surface area contributed by atoms with E-state index in [0.29, 0.717) is 5.89 Å². The molecule has 19 nitrogen and oxygen atoms in total. The van der Waals surface area contributed by atoms with Crippen molar-refractivity contribution in [1.29, 1.82) is 0 Å². The molecular formula is C106H84Ir4N10O9S-4. The second-order valence-corrected chi connectivity index (χ2v) is 29.4. The van der Waals surface area contributed by atoms with Gasteiger partial charge in [-0.2, -0.15) is 0 Å². The van der Waals surface area contributed by atoms with Crippen LogP contribution in [0.1, 0.15) is 55.4 Å². The summed E-state index contributed by atoms with van der Waals surface area (Å²) in [5.74, 6) is 0.356. The van der Waals surface area contributed by atoms with Crippen LogP contribution in [0, 0.1) is 24.3 Å². The molecule has 0 saturated carbocycles. The topological polar surface area (TPSA) is 291 Å². The first kappa shape index (κ1) is 102. The number of carbonyl (C=O) groups excluding carboxylic acids is 4. The predicted molar refractivity (Wildman–Crippen MR) is 504 cm³/mol. The van der Waals surface area contributed by atoms with Gasteiger partial charge < -0.3 is 39.8 Å². The molecule has 19 aromatic rings. The van der Waals surface area contributed by atoms with Crippen molar-refractivity contribution in [3.8, 4) is 89.6 Å². The number of hydrogen-bond donors (Lipinski definition) is 4. The Bertz CT molecular complexity index is 6660. The second kappa shape index (κ2) is 50.7. The zero-order valence-electron chi connectivity index (χ0n) is 71.4. The molecule has 0 bridgehead atoms. The van der Waals surface area contributed by atoms with E-state index in [1.165, 1.54) is 101 Å². The number of fused-ring (bicyclic) bond motifs is 7. The van der Waals surface area contributed by atoms with E-state index in [9.17, 15) is 19.2 Å². The van der Waals surface area contributed by atoms with Crippen LogP contribution in [0.4, 0.5) is 0 Å². The van der Waals surface area contributed by atoms with Gasteiger partial charge in [0.1, 0.15) is 5.52 Å². The van der Waals surface area contributed by atoms with Crippen molar-refractivity contribution in [2.24, 2.45) is 0 Å². The van der Waals surface area contributed by atoms with Gasteiger partial charge >= 0.3 is 0 Å². The maximum atomic E-state index is 10.0. The molecule has 4 radical (unpaired) electrons. The van der Waals surface area contributed by atoms with E-state index in [4.69, 9.17) is 29.8 Å². The fourth-order valence-electron chi connectivity index (χ4n) is 12.8. The third-order valence-electron chi connectivity index (χ3n) is 18.2. The first-order valence-corrected chi connectivity index (χ1v) is 40.6. The number of allylic oxidation sites excluding steroid dienone is 8. The number of aliphatic hydroxyl groups is 4. The van der Waals surface area contributed by atoms with Crippen LogP contribution in [0.2, 0.25) is 0 Å². The molecule has 0 atom stereocenters. The third-order valence-corrected chi connectivity index (χ3v) is 19.3. The van der Waals surface area contributed by atoms with E-state index in [1.54, 1.807) is 29.9 Å². The smallest absolute Gasteiger partial charge is 0.183 e. The van der Waals surface area contributed by atoms with Crippen molar-refractivity contribution in [3.05, 3.63) is 388 Å². The number of ketones is 4. The Hall–Kier alpha value is -13.7. The Morgan fingerprint density at radius 3 is 1.05 bits per heavy atom. The summed E-state index contributed by atoms with van der Waals surface area (Å²) in [6.45, 7) is 11.4. The van der Waals surface area contributed by atoms with Gasteiger partial charge in [0.25, 0.3) is 0 Å². The van der Waals surface area contributed by atoms with Crippen molar-refractivity contribution < 1.29 is 124 Å². The minimum atomic E-state index is -0.125. The number of aliphatic hydroxyl groups excluding tert-OH is 4. The van der Waals surface area contributed by atoms with Gasteiger partial charge in [-0.1, -0.05) is 144 Å². The molecule has 8 aromatic heterocycles. The summed E-state index contributed by atoms with van der Waals surface area (Å²) in [4.78, 5) is 85.6. The number of pyridine rings is 4. The number of oxazole rings is 1. The number of rotatable bonds is 12. The van der Waals surface area contributed by atoms with Crippen molar-refractivity contribution in [1.82, 2.24) is 49.8 Å². The summed E-state index contributed by atoms with van der Waals surface area (Å²) < 4.78 is 7.03. The molecule has 19 rings (SSSR count). The molecule has 0 spiro atoms. The molecule has 11 aromatic carbocycles. The molecular weight excluding hydrogens is 2360 g/mol. The summed E-state index contributed by atoms with van der Waals surface area (Å²) in [5, 5.41) is 41.4. The van der Waals surface area contributed by atoms with Gasteiger partial charge in [0.2, 0.25) is 0 Å². The van der Waals surface area contributed by atoms with Gasteiger partial charge in [-0.15, -0.1) is 131 Å². The Morgan fingerprint density at radius 1 is 0.300 bits per heavy atom. The molecule has 0 unspecified atom stereocenters. The first-order valence-electron chi connectivity index (χ1n) is 39.7.